The Labute approximate surface area is 156 Å². The molecule has 4 bridgehead atoms. The van der Waals surface area contributed by atoms with Gasteiger partial charge in [0.2, 0.25) is 11.6 Å². The van der Waals surface area contributed by atoms with Gasteiger partial charge in [-0.25, -0.2) is 9.97 Å². The standard InChI is InChI=1S/C18H12N8O2/c1-3-7-13-11(5-1)23-15-19-9-22-18(25-15)28-14-8-4-2-6-12(14)24-16-20-10-21-17(26-16)27-13/h1-10H,(H,19,22,23,25)(H,20,21,24,26). The number of nitrogens with one attached hydrogen (secondary N) is 2. The van der Waals surface area contributed by atoms with Crippen molar-refractivity contribution in [2.75, 3.05) is 0 Å². The van der Waals surface area contributed by atoms with Crippen molar-refractivity contribution in [3.05, 3.63) is 61.2 Å². The number of H-pyrrole nitrogens is 2. The zero-order chi connectivity index (χ0) is 18.8. The molecule has 2 aromatic carbocycles. The van der Waals surface area contributed by atoms with Crippen molar-refractivity contribution < 1.29 is 8.83 Å². The van der Waals surface area contributed by atoms with Crippen LogP contribution in [0.25, 0.3) is 45.4 Å². The van der Waals surface area contributed by atoms with Gasteiger partial charge in [0, 0.05) is 0 Å². The highest BCUT2D eigenvalue weighted by Crippen LogP contribution is 2.12. The normalized spacial score (nSPS) is 10.9. The molecule has 10 heteroatoms. The average molecular weight is 372 g/mol. The van der Waals surface area contributed by atoms with Crippen LogP contribution in [0.5, 0.6) is 0 Å². The molecule has 3 heterocycles. The Kier molecular flexibility index (Phi) is 3.83. The fourth-order valence-corrected chi connectivity index (χ4v) is 2.54. The first-order valence-electron chi connectivity index (χ1n) is 8.29. The molecule has 0 radical (unpaired) electrons. The number of aromatic nitrogens is 8. The van der Waals surface area contributed by atoms with Crippen LogP contribution in [0.15, 0.2) is 70.0 Å². The molecular formula is C18H12N8O2. The minimum absolute atomic E-state index is 0.138. The van der Waals surface area contributed by atoms with Gasteiger partial charge in [-0.05, 0) is 24.3 Å². The summed E-state index contributed by atoms with van der Waals surface area (Å²) < 4.78 is 11.7. The molecule has 5 aromatic rings. The van der Waals surface area contributed by atoms with Crippen LogP contribution in [0, 0.1) is 0 Å². The first-order valence-corrected chi connectivity index (χ1v) is 8.29. The molecule has 5 rings (SSSR count). The van der Waals surface area contributed by atoms with Crippen molar-refractivity contribution in [3.8, 4) is 0 Å². The van der Waals surface area contributed by atoms with Crippen LogP contribution >= 0.6 is 0 Å². The summed E-state index contributed by atoms with van der Waals surface area (Å²) in [5.74, 6) is 0.886. The molecule has 0 unspecified atom stereocenters. The van der Waals surface area contributed by atoms with Crippen LogP contribution in [0.1, 0.15) is 0 Å². The lowest BCUT2D eigenvalue weighted by Crippen LogP contribution is -1.90. The summed E-state index contributed by atoms with van der Waals surface area (Å²) in [6, 6.07) is 14.6. The third-order valence-electron chi connectivity index (χ3n) is 3.77. The maximum Gasteiger partial charge on any atom is 0.326 e. The van der Waals surface area contributed by atoms with Gasteiger partial charge in [0.1, 0.15) is 12.7 Å². The maximum atomic E-state index is 5.84. The van der Waals surface area contributed by atoms with Crippen LogP contribution in [0.4, 0.5) is 0 Å². The van der Waals surface area contributed by atoms with Gasteiger partial charge in [-0.15, -0.1) is 0 Å². The zero-order valence-electron chi connectivity index (χ0n) is 14.3. The van der Waals surface area contributed by atoms with E-state index in [0.717, 1.165) is 0 Å². The van der Waals surface area contributed by atoms with Gasteiger partial charge < -0.3 is 18.8 Å². The minimum Gasteiger partial charge on any atom is -0.422 e. The smallest absolute Gasteiger partial charge is 0.326 e. The monoisotopic (exact) mass is 372 g/mol. The quantitative estimate of drug-likeness (QED) is 0.422. The number of rotatable bonds is 0. The van der Waals surface area contributed by atoms with Crippen LogP contribution in [0.3, 0.4) is 0 Å². The third kappa shape index (κ3) is 3.21. The maximum absolute atomic E-state index is 5.84. The Balaban J connectivity index is 2.01. The molecule has 0 aliphatic heterocycles. The van der Waals surface area contributed by atoms with E-state index in [4.69, 9.17) is 8.83 Å². The van der Waals surface area contributed by atoms with Crippen molar-refractivity contribution in [2.24, 2.45) is 0 Å². The Bertz CT molecular complexity index is 1230. The van der Waals surface area contributed by atoms with E-state index in [0.29, 0.717) is 33.8 Å². The zero-order valence-corrected chi connectivity index (χ0v) is 14.3. The van der Waals surface area contributed by atoms with Crippen LogP contribution in [0.2, 0.25) is 0 Å². The molecule has 0 atom stereocenters. The third-order valence-corrected chi connectivity index (χ3v) is 3.77. The summed E-state index contributed by atoms with van der Waals surface area (Å²) in [5.41, 5.74) is 2.26. The van der Waals surface area contributed by atoms with Crippen molar-refractivity contribution in [1.82, 2.24) is 39.9 Å². The summed E-state index contributed by atoms with van der Waals surface area (Å²) >= 11 is 0. The number of hydrogen-bond acceptors (Lipinski definition) is 8. The molecule has 28 heavy (non-hydrogen) atoms. The molecule has 10 nitrogen and oxygen atoms in total. The molecule has 0 aliphatic rings. The van der Waals surface area contributed by atoms with E-state index < -0.39 is 0 Å². The fraction of sp³-hybridized carbons (Fsp3) is 0. The van der Waals surface area contributed by atoms with E-state index in [1.807, 2.05) is 36.4 Å². The molecule has 2 N–H and O–H groups in total. The molecule has 0 amide bonds. The Hall–Kier alpha value is -4.34. The van der Waals surface area contributed by atoms with Crippen molar-refractivity contribution in [2.45, 2.75) is 0 Å². The number of nitrogens with zero attached hydrogens (tertiary/aromatic N) is 6. The van der Waals surface area contributed by atoms with Gasteiger partial charge in [-0.2, -0.15) is 19.9 Å². The molecule has 0 saturated carbocycles. The molecule has 136 valence electrons. The first kappa shape index (κ1) is 15.9. The lowest BCUT2D eigenvalue weighted by atomic mass is 10.3. The van der Waals surface area contributed by atoms with Gasteiger partial charge in [0.15, 0.2) is 11.2 Å². The molecule has 0 fully saturated rings. The summed E-state index contributed by atoms with van der Waals surface area (Å²) in [7, 11) is 0. The Morgan fingerprint density at radius 1 is 0.571 bits per heavy atom. The molecule has 0 aliphatic carbocycles. The van der Waals surface area contributed by atoms with Crippen LogP contribution in [-0.4, -0.2) is 39.9 Å². The first-order chi connectivity index (χ1) is 13.8. The number of hydrogen-bond donors (Lipinski definition) is 2. The largest absolute Gasteiger partial charge is 0.422 e. The minimum atomic E-state index is 0.138. The number of para-hydroxylation sites is 4. The summed E-state index contributed by atoms with van der Waals surface area (Å²) in [6.07, 6.45) is 2.73. The summed E-state index contributed by atoms with van der Waals surface area (Å²) in [6.45, 7) is 0. The highest BCUT2D eigenvalue weighted by molar-refractivity contribution is 5.73. The van der Waals surface area contributed by atoms with Gasteiger partial charge in [0.05, 0.1) is 11.0 Å². The Morgan fingerprint density at radius 2 is 1.04 bits per heavy atom. The van der Waals surface area contributed by atoms with E-state index >= 15 is 0 Å². The SMILES string of the molecule is c1ccc2oc3ncnc(n3)[nH]c3ccccc3oc3ncnc(n3)[nH]c2c1. The lowest BCUT2D eigenvalue weighted by Gasteiger charge is -1.96. The van der Waals surface area contributed by atoms with E-state index in [1.54, 1.807) is 12.1 Å². The van der Waals surface area contributed by atoms with E-state index in [-0.39, 0.29) is 11.7 Å². The van der Waals surface area contributed by atoms with Crippen LogP contribution in [-0.2, 0) is 0 Å². The highest BCUT2D eigenvalue weighted by atomic mass is 16.3. The number of aromatic amines is 2. The molecule has 0 spiro atoms. The van der Waals surface area contributed by atoms with Gasteiger partial charge in [-0.3, -0.25) is 0 Å². The molecule has 3 aromatic heterocycles. The van der Waals surface area contributed by atoms with Gasteiger partial charge in [-0.1, -0.05) is 24.3 Å². The summed E-state index contributed by atoms with van der Waals surface area (Å²) in [5, 5.41) is 0. The van der Waals surface area contributed by atoms with E-state index in [9.17, 15) is 0 Å². The highest BCUT2D eigenvalue weighted by Gasteiger charge is 1.98. The van der Waals surface area contributed by atoms with E-state index in [2.05, 4.69) is 39.9 Å². The fourth-order valence-electron chi connectivity index (χ4n) is 2.54. The Morgan fingerprint density at radius 3 is 1.54 bits per heavy atom. The van der Waals surface area contributed by atoms with E-state index in [1.165, 1.54) is 12.7 Å². The second kappa shape index (κ2) is 6.76. The predicted molar refractivity (Wildman–Crippen MR) is 101 cm³/mol. The van der Waals surface area contributed by atoms with Gasteiger partial charge in [0.25, 0.3) is 0 Å². The summed E-state index contributed by atoms with van der Waals surface area (Å²) in [4.78, 5) is 31.2. The second-order valence-corrected chi connectivity index (χ2v) is 5.63. The van der Waals surface area contributed by atoms with Crippen molar-refractivity contribution in [3.63, 3.8) is 0 Å². The van der Waals surface area contributed by atoms with Crippen molar-refractivity contribution in [1.29, 1.82) is 0 Å². The molecular weight excluding hydrogens is 360 g/mol. The number of fused-ring (bicyclic) bond motifs is 6. The average Bonchev–Trinajstić information content (AvgIpc) is 2.71. The van der Waals surface area contributed by atoms with Crippen LogP contribution < -0.4 is 0 Å². The topological polar surface area (TPSA) is 135 Å². The second-order valence-electron chi connectivity index (χ2n) is 5.63. The number of benzene rings is 2. The predicted octanol–water partition coefficient (Wildman–Crippen LogP) is 3.32. The van der Waals surface area contributed by atoms with Gasteiger partial charge >= 0.3 is 11.7 Å². The molecule has 0 saturated heterocycles. The van der Waals surface area contributed by atoms with Crippen molar-refractivity contribution >= 4 is 45.4 Å². The lowest BCUT2D eigenvalue weighted by molar-refractivity contribution is 0.620.